The highest BCUT2D eigenvalue weighted by Crippen LogP contribution is 2.13. The highest BCUT2D eigenvalue weighted by Gasteiger charge is 2.04. The Hall–Kier alpha value is -1.71. The summed E-state index contributed by atoms with van der Waals surface area (Å²) in [6, 6.07) is 8.80. The lowest BCUT2D eigenvalue weighted by Gasteiger charge is -2.21. The van der Waals surface area contributed by atoms with Gasteiger partial charge in [-0.15, -0.1) is 0 Å². The van der Waals surface area contributed by atoms with E-state index >= 15 is 0 Å². The summed E-state index contributed by atoms with van der Waals surface area (Å²) in [7, 11) is 8.09. The Kier molecular flexibility index (Phi) is 8.41. The number of benzene rings is 1. The number of aryl methyl sites for hydroxylation is 1. The number of guanidine groups is 1. The van der Waals surface area contributed by atoms with Crippen LogP contribution in [0.4, 0.5) is 5.69 Å². The molecule has 0 spiro atoms. The predicted molar refractivity (Wildman–Crippen MR) is 98.0 cm³/mol. The van der Waals surface area contributed by atoms with Gasteiger partial charge in [0, 0.05) is 47.0 Å². The molecule has 0 atom stereocenters. The van der Waals surface area contributed by atoms with E-state index in [1.165, 1.54) is 24.1 Å². The summed E-state index contributed by atoms with van der Waals surface area (Å²) in [5.74, 6) is 0.997. The Balaban J connectivity index is 2.31. The van der Waals surface area contributed by atoms with E-state index in [0.29, 0.717) is 0 Å². The standard InChI is InChI=1S/C18H32N4/c1-6-7-15-22(5)18(19-2)20-14-8-9-16-10-12-17(13-11-16)21(3)4/h10-13H,6-9,14-15H2,1-5H3,(H,19,20). The zero-order chi connectivity index (χ0) is 16.4. The highest BCUT2D eigenvalue weighted by atomic mass is 15.3. The molecule has 1 rings (SSSR count). The molecule has 0 saturated carbocycles. The van der Waals surface area contributed by atoms with E-state index < -0.39 is 0 Å². The number of hydrogen-bond donors (Lipinski definition) is 1. The van der Waals surface area contributed by atoms with Crippen LogP contribution in [-0.4, -0.2) is 52.1 Å². The number of rotatable bonds is 8. The van der Waals surface area contributed by atoms with Crippen LogP contribution in [0.25, 0.3) is 0 Å². The molecule has 0 radical (unpaired) electrons. The maximum atomic E-state index is 4.34. The predicted octanol–water partition coefficient (Wildman–Crippen LogP) is 2.99. The molecule has 0 amide bonds. The first-order valence-electron chi connectivity index (χ1n) is 8.26. The van der Waals surface area contributed by atoms with Gasteiger partial charge in [0.15, 0.2) is 5.96 Å². The number of aliphatic imine (C=N–C) groups is 1. The number of nitrogens with zero attached hydrogens (tertiary/aromatic N) is 3. The van der Waals surface area contributed by atoms with Crippen LogP contribution < -0.4 is 10.2 Å². The van der Waals surface area contributed by atoms with E-state index in [-0.39, 0.29) is 0 Å². The van der Waals surface area contributed by atoms with Crippen molar-refractivity contribution in [2.45, 2.75) is 32.6 Å². The van der Waals surface area contributed by atoms with Gasteiger partial charge < -0.3 is 15.1 Å². The van der Waals surface area contributed by atoms with E-state index in [4.69, 9.17) is 0 Å². The zero-order valence-corrected chi connectivity index (χ0v) is 14.9. The molecule has 4 nitrogen and oxygen atoms in total. The average molecular weight is 304 g/mol. The number of hydrogen-bond acceptors (Lipinski definition) is 2. The maximum Gasteiger partial charge on any atom is 0.193 e. The Morgan fingerprint density at radius 2 is 1.77 bits per heavy atom. The highest BCUT2D eigenvalue weighted by molar-refractivity contribution is 5.79. The monoisotopic (exact) mass is 304 g/mol. The van der Waals surface area contributed by atoms with Crippen LogP contribution in [0.3, 0.4) is 0 Å². The number of anilines is 1. The van der Waals surface area contributed by atoms with Crippen LogP contribution in [0.15, 0.2) is 29.3 Å². The van der Waals surface area contributed by atoms with Gasteiger partial charge in [-0.25, -0.2) is 0 Å². The summed E-state index contributed by atoms with van der Waals surface area (Å²) in [5, 5.41) is 3.45. The molecule has 0 fully saturated rings. The van der Waals surface area contributed by atoms with Crippen LogP contribution in [0.2, 0.25) is 0 Å². The second kappa shape index (κ2) is 10.1. The fourth-order valence-corrected chi connectivity index (χ4v) is 2.34. The van der Waals surface area contributed by atoms with Gasteiger partial charge in [0.25, 0.3) is 0 Å². The summed E-state index contributed by atoms with van der Waals surface area (Å²) in [6.07, 6.45) is 4.62. The van der Waals surface area contributed by atoms with Gasteiger partial charge >= 0.3 is 0 Å². The van der Waals surface area contributed by atoms with E-state index in [9.17, 15) is 0 Å². The van der Waals surface area contributed by atoms with Crippen LogP contribution in [0.5, 0.6) is 0 Å². The van der Waals surface area contributed by atoms with Crippen LogP contribution in [0.1, 0.15) is 31.7 Å². The van der Waals surface area contributed by atoms with Crippen molar-refractivity contribution in [2.75, 3.05) is 46.2 Å². The lowest BCUT2D eigenvalue weighted by Crippen LogP contribution is -2.39. The molecule has 0 aliphatic carbocycles. The zero-order valence-electron chi connectivity index (χ0n) is 14.9. The first-order valence-corrected chi connectivity index (χ1v) is 8.26. The third kappa shape index (κ3) is 6.37. The average Bonchev–Trinajstić information content (AvgIpc) is 2.53. The van der Waals surface area contributed by atoms with Gasteiger partial charge in [0.2, 0.25) is 0 Å². The lowest BCUT2D eigenvalue weighted by molar-refractivity contribution is 0.464. The Morgan fingerprint density at radius 3 is 2.32 bits per heavy atom. The van der Waals surface area contributed by atoms with Crippen molar-refractivity contribution in [2.24, 2.45) is 4.99 Å². The van der Waals surface area contributed by atoms with Gasteiger partial charge in [0.05, 0.1) is 0 Å². The van der Waals surface area contributed by atoms with Crippen LogP contribution in [-0.2, 0) is 6.42 Å². The SMILES string of the molecule is CCCCN(C)C(=NC)NCCCc1ccc(N(C)C)cc1. The van der Waals surface area contributed by atoms with Gasteiger partial charge in [-0.05, 0) is 37.0 Å². The molecule has 1 N–H and O–H groups in total. The smallest absolute Gasteiger partial charge is 0.193 e. The van der Waals surface area contributed by atoms with Crippen molar-refractivity contribution in [1.29, 1.82) is 0 Å². The van der Waals surface area contributed by atoms with Crippen LogP contribution in [0, 0.1) is 0 Å². The number of nitrogens with one attached hydrogen (secondary N) is 1. The molecule has 22 heavy (non-hydrogen) atoms. The molecule has 1 aromatic rings. The molecule has 0 unspecified atom stereocenters. The van der Waals surface area contributed by atoms with Crippen LogP contribution >= 0.6 is 0 Å². The summed E-state index contributed by atoms with van der Waals surface area (Å²) < 4.78 is 0. The number of unbranched alkanes of at least 4 members (excludes halogenated alkanes) is 1. The van der Waals surface area contributed by atoms with Crippen molar-refractivity contribution < 1.29 is 0 Å². The topological polar surface area (TPSA) is 30.9 Å². The van der Waals surface area contributed by atoms with E-state index in [1.54, 1.807) is 0 Å². The quantitative estimate of drug-likeness (QED) is 0.455. The third-order valence-electron chi connectivity index (χ3n) is 3.80. The van der Waals surface area contributed by atoms with E-state index in [1.807, 2.05) is 7.05 Å². The molecule has 4 heteroatoms. The van der Waals surface area contributed by atoms with Gasteiger partial charge in [-0.2, -0.15) is 0 Å². The minimum Gasteiger partial charge on any atom is -0.378 e. The largest absolute Gasteiger partial charge is 0.378 e. The van der Waals surface area contributed by atoms with E-state index in [2.05, 4.69) is 72.4 Å². The third-order valence-corrected chi connectivity index (χ3v) is 3.80. The molecular weight excluding hydrogens is 272 g/mol. The molecule has 124 valence electrons. The Morgan fingerprint density at radius 1 is 1.09 bits per heavy atom. The summed E-state index contributed by atoms with van der Waals surface area (Å²) in [4.78, 5) is 8.67. The summed E-state index contributed by atoms with van der Waals surface area (Å²) in [5.41, 5.74) is 2.64. The molecule has 0 aliphatic heterocycles. The lowest BCUT2D eigenvalue weighted by atomic mass is 10.1. The molecule has 0 aliphatic rings. The van der Waals surface area contributed by atoms with Gasteiger partial charge in [-0.3, -0.25) is 4.99 Å². The molecule has 1 aromatic carbocycles. The summed E-state index contributed by atoms with van der Waals surface area (Å²) >= 11 is 0. The summed E-state index contributed by atoms with van der Waals surface area (Å²) in [6.45, 7) is 4.23. The maximum absolute atomic E-state index is 4.34. The molecular formula is C18H32N4. The van der Waals surface area contributed by atoms with Crippen molar-refractivity contribution in [3.05, 3.63) is 29.8 Å². The Labute approximate surface area is 136 Å². The normalized spacial score (nSPS) is 11.4. The second-order valence-corrected chi connectivity index (χ2v) is 5.91. The minimum absolute atomic E-state index is 0.957. The molecule has 0 aromatic heterocycles. The van der Waals surface area contributed by atoms with Crippen molar-refractivity contribution in [1.82, 2.24) is 10.2 Å². The molecule has 0 heterocycles. The van der Waals surface area contributed by atoms with Crippen molar-refractivity contribution in [3.63, 3.8) is 0 Å². The second-order valence-electron chi connectivity index (χ2n) is 5.91. The van der Waals surface area contributed by atoms with Crippen molar-refractivity contribution in [3.8, 4) is 0 Å². The minimum atomic E-state index is 0.957. The molecule has 0 saturated heterocycles. The fraction of sp³-hybridized carbons (Fsp3) is 0.611. The molecule has 0 bridgehead atoms. The fourth-order valence-electron chi connectivity index (χ4n) is 2.34. The van der Waals surface area contributed by atoms with Crippen molar-refractivity contribution >= 4 is 11.6 Å². The van der Waals surface area contributed by atoms with Gasteiger partial charge in [-0.1, -0.05) is 25.5 Å². The first-order chi connectivity index (χ1) is 10.6. The Bertz CT molecular complexity index is 437. The van der Waals surface area contributed by atoms with E-state index in [0.717, 1.165) is 31.9 Å². The first kappa shape index (κ1) is 18.3. The van der Waals surface area contributed by atoms with Gasteiger partial charge in [0.1, 0.15) is 0 Å².